The molecular weight excluding hydrogens is 346 g/mol. The number of carbonyl (C=O) groups excluding carboxylic acids is 3. The molecule has 5 fully saturated rings. The average molecular weight is 375 g/mol. The van der Waals surface area contributed by atoms with Gasteiger partial charge in [0.15, 0.2) is 0 Å². The van der Waals surface area contributed by atoms with Crippen LogP contribution in [0.1, 0.15) is 51.9 Å². The maximum atomic E-state index is 13.0. The quantitative estimate of drug-likeness (QED) is 0.702. The van der Waals surface area contributed by atoms with Crippen LogP contribution in [0.3, 0.4) is 0 Å². The fourth-order valence-electron chi connectivity index (χ4n) is 6.54. The van der Waals surface area contributed by atoms with Crippen LogP contribution in [0.5, 0.6) is 0 Å². The summed E-state index contributed by atoms with van der Waals surface area (Å²) in [7, 11) is 0. The van der Waals surface area contributed by atoms with E-state index in [0.29, 0.717) is 11.8 Å². The van der Waals surface area contributed by atoms with E-state index in [2.05, 4.69) is 5.32 Å². The maximum Gasteiger partial charge on any atom is 0.243 e. The van der Waals surface area contributed by atoms with Gasteiger partial charge in [-0.2, -0.15) is 0 Å². The van der Waals surface area contributed by atoms with E-state index in [1.165, 1.54) is 11.3 Å². The van der Waals surface area contributed by atoms with Crippen LogP contribution in [-0.2, 0) is 19.1 Å². The van der Waals surface area contributed by atoms with E-state index in [9.17, 15) is 14.4 Å². The number of nitrogens with two attached hydrogens (primary N) is 1. The van der Waals surface area contributed by atoms with Gasteiger partial charge in [0, 0.05) is 12.1 Å². The van der Waals surface area contributed by atoms with Crippen molar-refractivity contribution in [1.82, 2.24) is 10.2 Å². The van der Waals surface area contributed by atoms with Crippen LogP contribution in [0.2, 0.25) is 0 Å². The molecule has 0 radical (unpaired) electrons. The summed E-state index contributed by atoms with van der Waals surface area (Å²) in [5.41, 5.74) is 6.18. The summed E-state index contributed by atoms with van der Waals surface area (Å²) in [6.07, 6.45) is 6.66. The molecule has 3 amide bonds. The first-order chi connectivity index (χ1) is 13.0. The summed E-state index contributed by atoms with van der Waals surface area (Å²) in [6, 6.07) is -0.408. The highest BCUT2D eigenvalue weighted by molar-refractivity contribution is 6.09. The lowest BCUT2D eigenvalue weighted by molar-refractivity contribution is -0.150. The molecule has 148 valence electrons. The normalized spacial score (nSPS) is 46.5. The van der Waals surface area contributed by atoms with Gasteiger partial charge in [-0.3, -0.25) is 19.3 Å². The number of rotatable bonds is 3. The van der Waals surface area contributed by atoms with E-state index >= 15 is 0 Å². The van der Waals surface area contributed by atoms with Crippen LogP contribution in [0, 0.1) is 23.7 Å². The summed E-state index contributed by atoms with van der Waals surface area (Å²) in [6.45, 7) is 1.68. The Labute approximate surface area is 159 Å². The van der Waals surface area contributed by atoms with E-state index in [1.54, 1.807) is 6.92 Å². The Morgan fingerprint density at radius 2 is 1.63 bits per heavy atom. The van der Waals surface area contributed by atoms with Gasteiger partial charge in [0.1, 0.15) is 6.04 Å². The van der Waals surface area contributed by atoms with Gasteiger partial charge in [-0.15, -0.1) is 0 Å². The molecule has 7 heteroatoms. The van der Waals surface area contributed by atoms with Crippen molar-refractivity contribution in [2.24, 2.45) is 29.4 Å². The summed E-state index contributed by atoms with van der Waals surface area (Å²) in [4.78, 5) is 40.0. The minimum atomic E-state index is -0.758. The first-order valence-electron chi connectivity index (χ1n) is 10.5. The number of hydrogen-bond donors (Lipinski definition) is 2. The van der Waals surface area contributed by atoms with Crippen LogP contribution in [0.4, 0.5) is 0 Å². The Morgan fingerprint density at radius 1 is 1.07 bits per heavy atom. The van der Waals surface area contributed by atoms with Crippen molar-refractivity contribution >= 4 is 17.7 Å². The number of imide groups is 1. The number of nitrogens with one attached hydrogen (secondary N) is 1. The largest absolute Gasteiger partial charge is 0.373 e. The highest BCUT2D eigenvalue weighted by Gasteiger charge is 2.63. The Morgan fingerprint density at radius 3 is 2.19 bits per heavy atom. The fraction of sp³-hybridized carbons (Fsp3) is 0.850. The molecule has 7 atom stereocenters. The number of amides is 3. The molecule has 3 aliphatic heterocycles. The molecule has 0 aromatic heterocycles. The molecule has 0 spiro atoms. The van der Waals surface area contributed by atoms with E-state index in [-0.39, 0.29) is 53.8 Å². The third-order valence-electron chi connectivity index (χ3n) is 7.77. The molecule has 2 aliphatic carbocycles. The molecule has 5 aliphatic rings. The van der Waals surface area contributed by atoms with Gasteiger partial charge in [-0.25, -0.2) is 0 Å². The smallest absolute Gasteiger partial charge is 0.243 e. The predicted octanol–water partition coefficient (Wildman–Crippen LogP) is 0.560. The van der Waals surface area contributed by atoms with Crippen LogP contribution in [0.25, 0.3) is 0 Å². The van der Waals surface area contributed by atoms with Crippen LogP contribution >= 0.6 is 0 Å². The van der Waals surface area contributed by atoms with Crippen LogP contribution < -0.4 is 11.1 Å². The molecule has 27 heavy (non-hydrogen) atoms. The number of ether oxygens (including phenoxy) is 1. The first kappa shape index (κ1) is 17.6. The third-order valence-corrected chi connectivity index (χ3v) is 7.77. The highest BCUT2D eigenvalue weighted by Crippen LogP contribution is 2.49. The standard InChI is InChI=1S/C20H29N3O4/c1-9(18(24)22-17-10-3-2-4-11(17)8-12(21)7-10)23-19(25)15-13-5-6-14(27-13)16(15)20(23)26/h9-17H,2-8,21H2,1H3,(H,22,24). The number of likely N-dealkylation sites (tertiary alicyclic amines) is 1. The fourth-order valence-corrected chi connectivity index (χ4v) is 6.54. The van der Waals surface area contributed by atoms with Gasteiger partial charge in [-0.1, -0.05) is 6.42 Å². The second-order valence-corrected chi connectivity index (χ2v) is 9.28. The Bertz CT molecular complexity index is 640. The molecular formula is C20H29N3O4. The molecule has 0 aromatic carbocycles. The van der Waals surface area contributed by atoms with Gasteiger partial charge >= 0.3 is 0 Å². The molecule has 0 aromatic rings. The average Bonchev–Trinajstić information content (AvgIpc) is 3.29. The zero-order chi connectivity index (χ0) is 18.9. The Kier molecular flexibility index (Phi) is 4.09. The van der Waals surface area contributed by atoms with Gasteiger partial charge < -0.3 is 15.8 Å². The van der Waals surface area contributed by atoms with E-state index in [0.717, 1.165) is 38.5 Å². The van der Waals surface area contributed by atoms with Crippen molar-refractivity contribution in [2.75, 3.05) is 0 Å². The topological polar surface area (TPSA) is 102 Å². The van der Waals surface area contributed by atoms with Crippen LogP contribution in [-0.4, -0.2) is 53.0 Å². The summed E-state index contributed by atoms with van der Waals surface area (Å²) >= 11 is 0. The summed E-state index contributed by atoms with van der Waals surface area (Å²) in [5.74, 6) is -0.564. The van der Waals surface area contributed by atoms with E-state index in [1.807, 2.05) is 0 Å². The number of fused-ring (bicyclic) bond motifs is 7. The summed E-state index contributed by atoms with van der Waals surface area (Å²) < 4.78 is 5.77. The van der Waals surface area contributed by atoms with E-state index in [4.69, 9.17) is 10.5 Å². The van der Waals surface area contributed by atoms with Crippen molar-refractivity contribution in [2.45, 2.75) is 82.2 Å². The lowest BCUT2D eigenvalue weighted by Crippen LogP contribution is -2.58. The minimum Gasteiger partial charge on any atom is -0.373 e. The number of hydrogen-bond acceptors (Lipinski definition) is 5. The van der Waals surface area contributed by atoms with Crippen molar-refractivity contribution in [3.8, 4) is 0 Å². The lowest BCUT2D eigenvalue weighted by Gasteiger charge is -2.45. The molecule has 7 nitrogen and oxygen atoms in total. The lowest BCUT2D eigenvalue weighted by atomic mass is 9.67. The first-order valence-corrected chi connectivity index (χ1v) is 10.5. The number of nitrogens with zero attached hydrogens (tertiary/aromatic N) is 1. The van der Waals surface area contributed by atoms with Crippen molar-refractivity contribution in [1.29, 1.82) is 0 Å². The SMILES string of the molecule is CC(C(=O)NC1C2CCCC1CC(N)C2)N1C(=O)C2C3CCC(O3)C2C1=O. The van der Waals surface area contributed by atoms with Gasteiger partial charge in [0.25, 0.3) is 0 Å². The zero-order valence-corrected chi connectivity index (χ0v) is 15.8. The van der Waals surface area contributed by atoms with Gasteiger partial charge in [0.2, 0.25) is 17.7 Å². The Hall–Kier alpha value is -1.47. The summed E-state index contributed by atoms with van der Waals surface area (Å²) in [5, 5.41) is 3.19. The monoisotopic (exact) mass is 375 g/mol. The van der Waals surface area contributed by atoms with Crippen molar-refractivity contribution < 1.29 is 19.1 Å². The highest BCUT2D eigenvalue weighted by atomic mass is 16.5. The predicted molar refractivity (Wildman–Crippen MR) is 96.2 cm³/mol. The molecule has 3 N–H and O–H groups in total. The van der Waals surface area contributed by atoms with Crippen molar-refractivity contribution in [3.05, 3.63) is 0 Å². The molecule has 3 heterocycles. The molecule has 5 rings (SSSR count). The van der Waals surface area contributed by atoms with Crippen LogP contribution in [0.15, 0.2) is 0 Å². The maximum absolute atomic E-state index is 13.0. The molecule has 3 saturated heterocycles. The molecule has 7 unspecified atom stereocenters. The number of carbonyl (C=O) groups is 3. The van der Waals surface area contributed by atoms with Gasteiger partial charge in [0.05, 0.1) is 24.0 Å². The second-order valence-electron chi connectivity index (χ2n) is 9.28. The molecule has 2 saturated carbocycles. The third kappa shape index (κ3) is 2.58. The van der Waals surface area contributed by atoms with Crippen molar-refractivity contribution in [3.63, 3.8) is 0 Å². The Balaban J connectivity index is 1.30. The van der Waals surface area contributed by atoms with Gasteiger partial charge in [-0.05, 0) is 57.3 Å². The molecule has 4 bridgehead atoms. The second kappa shape index (κ2) is 6.27. The zero-order valence-electron chi connectivity index (χ0n) is 15.8. The van der Waals surface area contributed by atoms with E-state index < -0.39 is 6.04 Å². The minimum absolute atomic E-state index is 0.125.